The van der Waals surface area contributed by atoms with Gasteiger partial charge in [0.1, 0.15) is 12.7 Å². The minimum Gasteiger partial charge on any atom is -0.462 e. The van der Waals surface area contributed by atoms with Gasteiger partial charge in [-0.3, -0.25) is 18.6 Å². The molecule has 0 amide bonds. The second-order valence-electron chi connectivity index (χ2n) is 14.2. The molecular weight excluding hydrogens is 759 g/mol. The molecule has 0 heterocycles. The van der Waals surface area contributed by atoms with Crippen LogP contribution in [0.2, 0.25) is 0 Å². The van der Waals surface area contributed by atoms with Gasteiger partial charge in [-0.2, -0.15) is 0 Å². The number of carbonyl (C=O) groups excluding carboxylic acids is 2. The van der Waals surface area contributed by atoms with E-state index in [0.717, 1.165) is 57.8 Å². The van der Waals surface area contributed by atoms with Crippen LogP contribution in [0, 0.1) is 0 Å². The Labute approximate surface area is 350 Å². The van der Waals surface area contributed by atoms with Crippen molar-refractivity contribution in [2.45, 2.75) is 167 Å². The molecule has 332 valence electrons. The number of hydrogen-bond donors (Lipinski definition) is 4. The number of ether oxygens (including phenoxy) is 2. The Morgan fingerprint density at radius 2 is 1.14 bits per heavy atom. The lowest BCUT2D eigenvalue weighted by Crippen LogP contribution is -2.29. The number of esters is 2. The van der Waals surface area contributed by atoms with Gasteiger partial charge in [0.15, 0.2) is 6.10 Å². The molecule has 0 bridgehead atoms. The average Bonchev–Trinajstić information content (AvgIpc) is 3.21. The molecule has 0 rings (SSSR count). The summed E-state index contributed by atoms with van der Waals surface area (Å²) in [4.78, 5) is 35.0. The minimum absolute atomic E-state index is 0.0817. The van der Waals surface area contributed by atoms with Crippen molar-refractivity contribution in [3.05, 3.63) is 85.1 Å². The highest BCUT2D eigenvalue weighted by Crippen LogP contribution is 2.43. The largest absolute Gasteiger partial charge is 0.472 e. The van der Waals surface area contributed by atoms with Crippen LogP contribution in [-0.4, -0.2) is 76.9 Å². The maximum absolute atomic E-state index is 12.6. The van der Waals surface area contributed by atoms with E-state index < -0.39 is 57.9 Å². The number of carbonyl (C=O) groups is 2. The van der Waals surface area contributed by atoms with Crippen LogP contribution in [0.1, 0.15) is 149 Å². The summed E-state index contributed by atoms with van der Waals surface area (Å²) in [6.07, 6.45) is 44.6. The molecule has 4 atom stereocenters. The second-order valence-corrected chi connectivity index (χ2v) is 15.6. The zero-order chi connectivity index (χ0) is 42.8. The molecule has 12 heteroatoms. The van der Waals surface area contributed by atoms with Gasteiger partial charge < -0.3 is 29.7 Å². The van der Waals surface area contributed by atoms with Crippen molar-refractivity contribution in [3.63, 3.8) is 0 Å². The molecule has 0 saturated heterocycles. The number of aliphatic hydroxyl groups is 3. The first kappa shape index (κ1) is 55.1. The van der Waals surface area contributed by atoms with Crippen molar-refractivity contribution >= 4 is 19.8 Å². The Kier molecular flexibility index (Phi) is 38.8. The molecular formula is C46H77O11P. The summed E-state index contributed by atoms with van der Waals surface area (Å²) in [6.45, 7) is 2.01. The van der Waals surface area contributed by atoms with Crippen molar-refractivity contribution in [1.29, 1.82) is 0 Å². The predicted molar refractivity (Wildman–Crippen MR) is 234 cm³/mol. The molecule has 0 aliphatic rings. The molecule has 0 aromatic heterocycles. The first-order valence-electron chi connectivity index (χ1n) is 21.7. The molecule has 0 fully saturated rings. The Morgan fingerprint density at radius 1 is 0.603 bits per heavy atom. The van der Waals surface area contributed by atoms with Crippen LogP contribution in [0.25, 0.3) is 0 Å². The third-order valence-electron chi connectivity index (χ3n) is 8.61. The fourth-order valence-corrected chi connectivity index (χ4v) is 6.04. The molecule has 4 N–H and O–H groups in total. The molecule has 0 aromatic carbocycles. The number of unbranched alkanes of at least 4 members (excludes halogenated alkanes) is 11. The molecule has 0 spiro atoms. The van der Waals surface area contributed by atoms with Gasteiger partial charge in [0.05, 0.1) is 25.9 Å². The van der Waals surface area contributed by atoms with E-state index in [1.807, 2.05) is 49.5 Å². The van der Waals surface area contributed by atoms with E-state index in [2.05, 4.69) is 47.9 Å². The zero-order valence-corrected chi connectivity index (χ0v) is 36.5. The Balaban J connectivity index is 4.45. The van der Waals surface area contributed by atoms with Gasteiger partial charge in [-0.15, -0.1) is 0 Å². The molecule has 58 heavy (non-hydrogen) atoms. The standard InChI is InChI=1S/C46H77O11P/c1-3-5-7-8-9-10-11-12-13-14-15-16-20-23-26-29-32-36-45(50)54-40-44(41-56-58(52,53)55-39-43(49)38-47)57-46(51)37-33-30-27-24-21-18-17-19-22-25-28-31-35-42(48)34-6-4-2/h6,9-10,12-13,17-18,22,24-25,27-28,31,34,42-44,47-49H,3-5,7-8,11,14-16,19-21,23,26,29-30,32-33,35-41H2,1-2H3,(H,52,53)/b10-9-,13-12-,18-17-,25-22-,27-24-,31-28+,34-6-/t42?,43-,44+/m0/s1. The quantitative estimate of drug-likeness (QED) is 0.0153. The van der Waals surface area contributed by atoms with Crippen molar-refractivity contribution < 1.29 is 52.9 Å². The van der Waals surface area contributed by atoms with Crippen LogP contribution in [0.5, 0.6) is 0 Å². The van der Waals surface area contributed by atoms with Gasteiger partial charge >= 0.3 is 19.8 Å². The summed E-state index contributed by atoms with van der Waals surface area (Å²) in [7, 11) is -4.65. The highest BCUT2D eigenvalue weighted by molar-refractivity contribution is 7.47. The predicted octanol–water partition coefficient (Wildman–Crippen LogP) is 10.4. The van der Waals surface area contributed by atoms with Gasteiger partial charge in [-0.25, -0.2) is 4.57 Å². The summed E-state index contributed by atoms with van der Waals surface area (Å²) in [6, 6.07) is 0. The van der Waals surface area contributed by atoms with Crippen LogP contribution >= 0.6 is 7.82 Å². The van der Waals surface area contributed by atoms with Crippen LogP contribution in [0.4, 0.5) is 0 Å². The lowest BCUT2D eigenvalue weighted by molar-refractivity contribution is -0.161. The Hall–Kier alpha value is -2.89. The molecule has 0 radical (unpaired) electrons. The lowest BCUT2D eigenvalue weighted by Gasteiger charge is -2.20. The van der Waals surface area contributed by atoms with E-state index in [1.54, 1.807) is 6.08 Å². The number of phosphoric acid groups is 1. The van der Waals surface area contributed by atoms with Gasteiger partial charge in [-0.05, 0) is 77.0 Å². The fourth-order valence-electron chi connectivity index (χ4n) is 5.25. The first-order chi connectivity index (χ1) is 28.1. The number of phosphoric ester groups is 1. The van der Waals surface area contributed by atoms with Crippen LogP contribution < -0.4 is 0 Å². The summed E-state index contributed by atoms with van der Waals surface area (Å²) < 4.78 is 32.6. The lowest BCUT2D eigenvalue weighted by atomic mass is 10.1. The van der Waals surface area contributed by atoms with Gasteiger partial charge in [0, 0.05) is 12.8 Å². The Bertz CT molecular complexity index is 1250. The molecule has 0 aliphatic carbocycles. The highest BCUT2D eigenvalue weighted by atomic mass is 31.2. The van der Waals surface area contributed by atoms with Crippen LogP contribution in [-0.2, 0) is 32.7 Å². The van der Waals surface area contributed by atoms with E-state index in [0.29, 0.717) is 25.7 Å². The second kappa shape index (κ2) is 40.9. The van der Waals surface area contributed by atoms with Crippen molar-refractivity contribution in [1.82, 2.24) is 0 Å². The fraction of sp³-hybridized carbons (Fsp3) is 0.652. The summed E-state index contributed by atoms with van der Waals surface area (Å²) in [5, 5.41) is 28.1. The molecule has 2 unspecified atom stereocenters. The number of hydrogen-bond acceptors (Lipinski definition) is 10. The van der Waals surface area contributed by atoms with Crippen LogP contribution in [0.15, 0.2) is 85.1 Å². The van der Waals surface area contributed by atoms with E-state index in [-0.39, 0.29) is 19.4 Å². The van der Waals surface area contributed by atoms with Crippen molar-refractivity contribution in [3.8, 4) is 0 Å². The molecule has 0 saturated carbocycles. The SMILES string of the molecule is CC/C=C\C(O)C/C=C/C=C\C/C=C\C/C=C\CCCC(=O)O[C@H](COC(=O)CCCCCCCCC/C=C\C/C=C\CCCCC)COP(=O)(O)OC[C@@H](O)CO. The molecule has 0 aromatic rings. The van der Waals surface area contributed by atoms with Crippen molar-refractivity contribution in [2.24, 2.45) is 0 Å². The normalized spacial score (nSPS) is 15.2. The third-order valence-corrected chi connectivity index (χ3v) is 9.56. The Morgan fingerprint density at radius 3 is 1.78 bits per heavy atom. The van der Waals surface area contributed by atoms with Crippen LogP contribution in [0.3, 0.4) is 0 Å². The van der Waals surface area contributed by atoms with Gasteiger partial charge in [0.25, 0.3) is 0 Å². The number of allylic oxidation sites excluding steroid dienone is 12. The monoisotopic (exact) mass is 837 g/mol. The first-order valence-corrected chi connectivity index (χ1v) is 23.1. The number of aliphatic hydroxyl groups excluding tert-OH is 3. The number of rotatable bonds is 39. The summed E-state index contributed by atoms with van der Waals surface area (Å²) in [5.74, 6) is -1.03. The smallest absolute Gasteiger partial charge is 0.462 e. The molecule has 11 nitrogen and oxygen atoms in total. The summed E-state index contributed by atoms with van der Waals surface area (Å²) in [5.41, 5.74) is 0. The van der Waals surface area contributed by atoms with E-state index in [4.69, 9.17) is 19.1 Å². The maximum Gasteiger partial charge on any atom is 0.472 e. The third kappa shape index (κ3) is 39.9. The van der Waals surface area contributed by atoms with E-state index in [9.17, 15) is 29.3 Å². The van der Waals surface area contributed by atoms with Gasteiger partial charge in [0.2, 0.25) is 0 Å². The van der Waals surface area contributed by atoms with Gasteiger partial charge in [-0.1, -0.05) is 144 Å². The zero-order valence-electron chi connectivity index (χ0n) is 35.6. The maximum atomic E-state index is 12.6. The topological polar surface area (TPSA) is 169 Å². The van der Waals surface area contributed by atoms with E-state index >= 15 is 0 Å². The van der Waals surface area contributed by atoms with Crippen molar-refractivity contribution in [2.75, 3.05) is 26.4 Å². The summed E-state index contributed by atoms with van der Waals surface area (Å²) >= 11 is 0. The average molecular weight is 837 g/mol. The van der Waals surface area contributed by atoms with E-state index in [1.165, 1.54) is 38.5 Å². The highest BCUT2D eigenvalue weighted by Gasteiger charge is 2.27. The molecule has 0 aliphatic heterocycles. The minimum atomic E-state index is -4.65.